The summed E-state index contributed by atoms with van der Waals surface area (Å²) in [6, 6.07) is 6.39. The maximum Gasteiger partial charge on any atom is 0.422 e. The smallest absolute Gasteiger partial charge is 0.422 e. The molecule has 0 fully saturated rings. The monoisotopic (exact) mass is 287 g/mol. The molecule has 0 unspecified atom stereocenters. The van der Waals surface area contributed by atoms with E-state index in [-0.39, 0.29) is 11.3 Å². The molecule has 2 aromatic rings. The van der Waals surface area contributed by atoms with Crippen LogP contribution in [-0.2, 0) is 0 Å². The van der Waals surface area contributed by atoms with Gasteiger partial charge in [0.1, 0.15) is 11.6 Å². The maximum absolute atomic E-state index is 13.5. The van der Waals surface area contributed by atoms with E-state index < -0.39 is 24.2 Å². The van der Waals surface area contributed by atoms with Crippen LogP contribution in [0.1, 0.15) is 0 Å². The number of pyridine rings is 1. The van der Waals surface area contributed by atoms with E-state index in [1.807, 2.05) is 0 Å². The van der Waals surface area contributed by atoms with Gasteiger partial charge < -0.3 is 9.72 Å². The Balaban J connectivity index is 2.20. The number of ether oxygens (including phenoxy) is 1. The minimum Gasteiger partial charge on any atom is -0.484 e. The summed E-state index contributed by atoms with van der Waals surface area (Å²) in [7, 11) is 0. The Morgan fingerprint density at radius 3 is 2.40 bits per heavy atom. The average molecular weight is 287 g/mol. The van der Waals surface area contributed by atoms with E-state index in [1.165, 1.54) is 24.3 Å². The van der Waals surface area contributed by atoms with Gasteiger partial charge in [-0.1, -0.05) is 12.1 Å². The van der Waals surface area contributed by atoms with Crippen molar-refractivity contribution in [2.75, 3.05) is 6.61 Å². The fraction of sp³-hybridized carbons (Fsp3) is 0.154. The minimum atomic E-state index is -4.42. The van der Waals surface area contributed by atoms with E-state index in [1.54, 1.807) is 0 Å². The van der Waals surface area contributed by atoms with Crippen molar-refractivity contribution >= 4 is 0 Å². The number of hydrogen-bond donors (Lipinski definition) is 1. The van der Waals surface area contributed by atoms with Gasteiger partial charge in [0.05, 0.1) is 0 Å². The molecule has 0 spiro atoms. The lowest BCUT2D eigenvalue weighted by atomic mass is 10.1. The number of rotatable bonds is 3. The van der Waals surface area contributed by atoms with Gasteiger partial charge in [-0.15, -0.1) is 0 Å². The number of aromatic nitrogens is 1. The standard InChI is InChI=1S/C13H9F4NO2/c14-11-6-18-12(19)5-10(11)8-1-3-9(4-2-8)20-7-13(15,16)17/h1-6H,7H2,(H,18,19). The minimum absolute atomic E-state index is 0.0105. The molecule has 0 aliphatic heterocycles. The largest absolute Gasteiger partial charge is 0.484 e. The first-order valence-corrected chi connectivity index (χ1v) is 5.53. The van der Waals surface area contributed by atoms with Crippen molar-refractivity contribution in [1.29, 1.82) is 0 Å². The Labute approximate surface area is 110 Å². The first kappa shape index (κ1) is 14.1. The van der Waals surface area contributed by atoms with Crippen LogP contribution < -0.4 is 10.3 Å². The summed E-state index contributed by atoms with van der Waals surface area (Å²) in [6.07, 6.45) is -3.50. The van der Waals surface area contributed by atoms with Crippen LogP contribution >= 0.6 is 0 Å². The zero-order chi connectivity index (χ0) is 14.8. The van der Waals surface area contributed by atoms with Crippen molar-refractivity contribution in [3.05, 3.63) is 52.7 Å². The lowest BCUT2D eigenvalue weighted by molar-refractivity contribution is -0.153. The van der Waals surface area contributed by atoms with Gasteiger partial charge in [0.15, 0.2) is 6.61 Å². The maximum atomic E-state index is 13.5. The second kappa shape index (κ2) is 5.36. The Bertz CT molecular complexity index is 647. The van der Waals surface area contributed by atoms with Gasteiger partial charge in [-0.3, -0.25) is 4.79 Å². The fourth-order valence-corrected chi connectivity index (χ4v) is 1.57. The van der Waals surface area contributed by atoms with Gasteiger partial charge >= 0.3 is 6.18 Å². The Hall–Kier alpha value is -2.31. The molecule has 0 radical (unpaired) electrons. The van der Waals surface area contributed by atoms with Crippen LogP contribution in [0.25, 0.3) is 11.1 Å². The molecule has 0 atom stereocenters. The highest BCUT2D eigenvalue weighted by atomic mass is 19.4. The second-order valence-electron chi connectivity index (χ2n) is 3.99. The summed E-state index contributed by atoms with van der Waals surface area (Å²) in [4.78, 5) is 13.3. The summed E-state index contributed by atoms with van der Waals surface area (Å²) in [5.41, 5.74) is -0.0390. The van der Waals surface area contributed by atoms with Crippen LogP contribution in [0.5, 0.6) is 5.75 Å². The summed E-state index contributed by atoms with van der Waals surface area (Å²) in [5.74, 6) is -0.620. The lowest BCUT2D eigenvalue weighted by Crippen LogP contribution is -2.19. The van der Waals surface area contributed by atoms with Gasteiger partial charge in [-0.25, -0.2) is 4.39 Å². The second-order valence-corrected chi connectivity index (χ2v) is 3.99. The molecule has 0 amide bonds. The van der Waals surface area contributed by atoms with Crippen LogP contribution in [0, 0.1) is 5.82 Å². The van der Waals surface area contributed by atoms with Crippen LogP contribution in [-0.4, -0.2) is 17.8 Å². The highest BCUT2D eigenvalue weighted by molar-refractivity contribution is 5.64. The molecule has 0 aliphatic carbocycles. The highest BCUT2D eigenvalue weighted by Crippen LogP contribution is 2.24. The van der Waals surface area contributed by atoms with Crippen molar-refractivity contribution < 1.29 is 22.3 Å². The Morgan fingerprint density at radius 2 is 1.80 bits per heavy atom. The molecule has 1 N–H and O–H groups in total. The molecular formula is C13H9F4NO2. The van der Waals surface area contributed by atoms with Crippen LogP contribution in [0.3, 0.4) is 0 Å². The molecule has 1 aromatic carbocycles. The predicted octanol–water partition coefficient (Wildman–Crippen LogP) is 3.12. The molecule has 1 heterocycles. The van der Waals surface area contributed by atoms with Crippen molar-refractivity contribution in [3.63, 3.8) is 0 Å². The third-order valence-electron chi connectivity index (χ3n) is 2.44. The van der Waals surface area contributed by atoms with Gasteiger partial charge in [-0.2, -0.15) is 13.2 Å². The van der Waals surface area contributed by atoms with Crippen LogP contribution in [0.15, 0.2) is 41.3 Å². The summed E-state index contributed by atoms with van der Waals surface area (Å²) in [5, 5.41) is 0. The molecule has 7 heteroatoms. The number of hydrogen-bond acceptors (Lipinski definition) is 2. The number of H-pyrrole nitrogens is 1. The zero-order valence-corrected chi connectivity index (χ0v) is 10.00. The summed E-state index contributed by atoms with van der Waals surface area (Å²) < 4.78 is 53.9. The molecule has 1 aromatic heterocycles. The summed E-state index contributed by atoms with van der Waals surface area (Å²) >= 11 is 0. The third kappa shape index (κ3) is 3.59. The van der Waals surface area contributed by atoms with E-state index in [2.05, 4.69) is 9.72 Å². The molecule has 20 heavy (non-hydrogen) atoms. The average Bonchev–Trinajstić information content (AvgIpc) is 2.39. The molecule has 3 nitrogen and oxygen atoms in total. The van der Waals surface area contributed by atoms with Crippen molar-refractivity contribution in [2.45, 2.75) is 6.18 Å². The first-order chi connectivity index (χ1) is 9.35. The number of nitrogens with one attached hydrogen (secondary N) is 1. The Kier molecular flexibility index (Phi) is 3.78. The van der Waals surface area contributed by atoms with Gasteiger partial charge in [0, 0.05) is 17.8 Å². The van der Waals surface area contributed by atoms with Gasteiger partial charge in [0.25, 0.3) is 0 Å². The molecular weight excluding hydrogens is 278 g/mol. The van der Waals surface area contributed by atoms with Crippen molar-refractivity contribution in [2.24, 2.45) is 0 Å². The fourth-order valence-electron chi connectivity index (χ4n) is 1.57. The predicted molar refractivity (Wildman–Crippen MR) is 64.0 cm³/mol. The van der Waals surface area contributed by atoms with Crippen LogP contribution in [0.2, 0.25) is 0 Å². The number of aromatic amines is 1. The lowest BCUT2D eigenvalue weighted by Gasteiger charge is -2.09. The number of alkyl halides is 3. The zero-order valence-electron chi connectivity index (χ0n) is 10.00. The molecule has 0 saturated heterocycles. The van der Waals surface area contributed by atoms with Gasteiger partial charge in [0.2, 0.25) is 5.56 Å². The van der Waals surface area contributed by atoms with E-state index in [4.69, 9.17) is 0 Å². The van der Waals surface area contributed by atoms with Crippen molar-refractivity contribution in [1.82, 2.24) is 4.98 Å². The summed E-state index contributed by atoms with van der Waals surface area (Å²) in [6.45, 7) is -1.40. The molecule has 106 valence electrons. The Morgan fingerprint density at radius 1 is 1.15 bits per heavy atom. The number of halogens is 4. The molecule has 0 saturated carbocycles. The molecule has 0 aliphatic rings. The first-order valence-electron chi connectivity index (χ1n) is 5.53. The van der Waals surface area contributed by atoms with Gasteiger partial charge in [-0.05, 0) is 17.7 Å². The van der Waals surface area contributed by atoms with E-state index in [0.29, 0.717) is 5.56 Å². The number of benzene rings is 1. The van der Waals surface area contributed by atoms with Crippen molar-refractivity contribution in [3.8, 4) is 16.9 Å². The molecule has 2 rings (SSSR count). The van der Waals surface area contributed by atoms with E-state index in [9.17, 15) is 22.4 Å². The topological polar surface area (TPSA) is 42.1 Å². The molecule has 0 bridgehead atoms. The quantitative estimate of drug-likeness (QED) is 0.881. The van der Waals surface area contributed by atoms with E-state index in [0.717, 1.165) is 12.3 Å². The normalized spacial score (nSPS) is 11.4. The van der Waals surface area contributed by atoms with Crippen LogP contribution in [0.4, 0.5) is 17.6 Å². The highest BCUT2D eigenvalue weighted by Gasteiger charge is 2.28. The SMILES string of the molecule is O=c1cc(-c2ccc(OCC(F)(F)F)cc2)c(F)c[nH]1. The van der Waals surface area contributed by atoms with E-state index >= 15 is 0 Å². The third-order valence-corrected chi connectivity index (χ3v) is 2.44.